The normalized spacial score (nSPS) is 12.4. The number of anilines is 1. The van der Waals surface area contributed by atoms with Gasteiger partial charge in [-0.1, -0.05) is 0 Å². The van der Waals surface area contributed by atoms with Gasteiger partial charge in [0.2, 0.25) is 10.0 Å². The van der Waals surface area contributed by atoms with Gasteiger partial charge in [-0.25, -0.2) is 13.1 Å². The summed E-state index contributed by atoms with van der Waals surface area (Å²) in [7, 11) is -3.22. The molecule has 144 valence electrons. The summed E-state index contributed by atoms with van der Waals surface area (Å²) in [5.41, 5.74) is 6.07. The van der Waals surface area contributed by atoms with Gasteiger partial charge < -0.3 is 15.8 Å². The van der Waals surface area contributed by atoms with Crippen molar-refractivity contribution in [3.63, 3.8) is 0 Å². The minimum Gasteiger partial charge on any atom is -0.406 e. The minimum atomic E-state index is -4.74. The second-order valence-electron chi connectivity index (χ2n) is 4.62. The number of guanidine groups is 1. The fraction of sp³-hybridized carbons (Fsp3) is 0.462. The van der Waals surface area contributed by atoms with Crippen LogP contribution < -0.4 is 20.5 Å². The first-order chi connectivity index (χ1) is 11.1. The lowest BCUT2D eigenvalue weighted by Gasteiger charge is -2.10. The Morgan fingerprint density at radius 2 is 1.88 bits per heavy atom. The number of sulfonamides is 1. The highest BCUT2D eigenvalue weighted by Crippen LogP contribution is 2.23. The number of nitrogens with two attached hydrogens (primary N) is 1. The Hall–Kier alpha value is -1.28. The zero-order valence-corrected chi connectivity index (χ0v) is 16.5. The van der Waals surface area contributed by atoms with Gasteiger partial charge in [-0.2, -0.15) is 0 Å². The molecule has 0 radical (unpaired) electrons. The predicted molar refractivity (Wildman–Crippen MR) is 101 cm³/mol. The number of ether oxygens (including phenoxy) is 1. The average Bonchev–Trinajstić information content (AvgIpc) is 2.47. The molecule has 0 bridgehead atoms. The lowest BCUT2D eigenvalue weighted by molar-refractivity contribution is -0.274. The van der Waals surface area contributed by atoms with Crippen molar-refractivity contribution in [3.8, 4) is 5.75 Å². The highest BCUT2D eigenvalue weighted by atomic mass is 127. The Balaban J connectivity index is 0.00000576. The lowest BCUT2D eigenvalue weighted by Crippen LogP contribution is -2.27. The SMILES string of the molecule is CCS(=O)(=O)NCCCN=C(N)Nc1ccc(OC(F)(F)F)cc1.I. The van der Waals surface area contributed by atoms with Crippen LogP contribution in [-0.4, -0.2) is 39.6 Å². The first-order valence-corrected chi connectivity index (χ1v) is 8.66. The zero-order chi connectivity index (χ0) is 18.2. The number of hydrogen-bond acceptors (Lipinski definition) is 4. The lowest BCUT2D eigenvalue weighted by atomic mass is 10.3. The molecule has 1 rings (SSSR count). The van der Waals surface area contributed by atoms with Gasteiger partial charge in [0, 0.05) is 18.8 Å². The van der Waals surface area contributed by atoms with E-state index in [4.69, 9.17) is 5.73 Å². The fourth-order valence-electron chi connectivity index (χ4n) is 1.54. The van der Waals surface area contributed by atoms with Crippen molar-refractivity contribution in [2.75, 3.05) is 24.2 Å². The van der Waals surface area contributed by atoms with E-state index in [0.29, 0.717) is 18.7 Å². The molecule has 0 heterocycles. The molecule has 0 unspecified atom stereocenters. The minimum absolute atomic E-state index is 0. The molecule has 0 aliphatic rings. The Morgan fingerprint density at radius 3 is 2.40 bits per heavy atom. The molecule has 1 aromatic carbocycles. The maximum absolute atomic E-state index is 12.0. The fourth-order valence-corrected chi connectivity index (χ4v) is 2.20. The summed E-state index contributed by atoms with van der Waals surface area (Å²) in [6, 6.07) is 5.00. The van der Waals surface area contributed by atoms with Crippen LogP contribution in [0.3, 0.4) is 0 Å². The van der Waals surface area contributed by atoms with Crippen molar-refractivity contribution in [1.82, 2.24) is 4.72 Å². The third-order valence-electron chi connectivity index (χ3n) is 2.68. The van der Waals surface area contributed by atoms with Crippen molar-refractivity contribution >= 4 is 45.6 Å². The largest absolute Gasteiger partial charge is 0.573 e. The molecule has 0 aromatic heterocycles. The van der Waals surface area contributed by atoms with Gasteiger partial charge in [-0.05, 0) is 37.6 Å². The van der Waals surface area contributed by atoms with Crippen LogP contribution in [0, 0.1) is 0 Å². The second kappa shape index (κ2) is 10.7. The van der Waals surface area contributed by atoms with E-state index in [2.05, 4.69) is 19.8 Å². The van der Waals surface area contributed by atoms with Crippen LogP contribution in [0.1, 0.15) is 13.3 Å². The van der Waals surface area contributed by atoms with Crippen LogP contribution in [0.15, 0.2) is 29.3 Å². The Labute approximate surface area is 161 Å². The molecule has 0 atom stereocenters. The molecule has 4 N–H and O–H groups in total. The first-order valence-electron chi connectivity index (χ1n) is 7.01. The van der Waals surface area contributed by atoms with Crippen molar-refractivity contribution in [1.29, 1.82) is 0 Å². The van der Waals surface area contributed by atoms with Crippen LogP contribution in [0.2, 0.25) is 0 Å². The molecule has 12 heteroatoms. The molecule has 0 aliphatic carbocycles. The standard InChI is InChI=1S/C13H19F3N4O3S.HI/c1-2-24(21,22)19-9-3-8-18-12(17)20-10-4-6-11(7-5-10)23-13(14,15)16;/h4-7,19H,2-3,8-9H2,1H3,(H3,17,18,20);1H. The molecule has 7 nitrogen and oxygen atoms in total. The predicted octanol–water partition coefficient (Wildman–Crippen LogP) is 2.26. The van der Waals surface area contributed by atoms with Gasteiger partial charge in [0.1, 0.15) is 5.75 Å². The third-order valence-corrected chi connectivity index (χ3v) is 4.08. The van der Waals surface area contributed by atoms with E-state index in [1.807, 2.05) is 0 Å². The van der Waals surface area contributed by atoms with Gasteiger partial charge in [-0.3, -0.25) is 4.99 Å². The molecule has 0 spiro atoms. The Bertz CT molecular complexity index is 651. The molecule has 0 fully saturated rings. The zero-order valence-electron chi connectivity index (χ0n) is 13.3. The van der Waals surface area contributed by atoms with Crippen molar-refractivity contribution < 1.29 is 26.3 Å². The van der Waals surface area contributed by atoms with Crippen LogP contribution in [-0.2, 0) is 10.0 Å². The Morgan fingerprint density at radius 1 is 1.28 bits per heavy atom. The molecular formula is C13H20F3IN4O3S. The monoisotopic (exact) mass is 496 g/mol. The molecule has 0 saturated carbocycles. The van der Waals surface area contributed by atoms with E-state index in [1.54, 1.807) is 0 Å². The maximum Gasteiger partial charge on any atom is 0.573 e. The summed E-state index contributed by atoms with van der Waals surface area (Å²) in [6.45, 7) is 2.07. The van der Waals surface area contributed by atoms with E-state index in [-0.39, 0.29) is 48.0 Å². The number of nitrogens with zero attached hydrogens (tertiary/aromatic N) is 1. The summed E-state index contributed by atoms with van der Waals surface area (Å²) >= 11 is 0. The third kappa shape index (κ3) is 11.0. The maximum atomic E-state index is 12.0. The van der Waals surface area contributed by atoms with Crippen molar-refractivity contribution in [2.24, 2.45) is 10.7 Å². The highest BCUT2D eigenvalue weighted by Gasteiger charge is 2.30. The number of nitrogens with one attached hydrogen (secondary N) is 2. The summed E-state index contributed by atoms with van der Waals surface area (Å²) in [6.07, 6.45) is -4.28. The van der Waals surface area contributed by atoms with Crippen LogP contribution in [0.5, 0.6) is 5.75 Å². The summed E-state index contributed by atoms with van der Waals surface area (Å²) in [5, 5.41) is 2.70. The summed E-state index contributed by atoms with van der Waals surface area (Å²) < 4.78 is 64.6. The molecule has 25 heavy (non-hydrogen) atoms. The summed E-state index contributed by atoms with van der Waals surface area (Å²) in [5.74, 6) is -0.266. The topological polar surface area (TPSA) is 106 Å². The highest BCUT2D eigenvalue weighted by molar-refractivity contribution is 14.0. The number of halogens is 4. The van der Waals surface area contributed by atoms with Crippen molar-refractivity contribution in [3.05, 3.63) is 24.3 Å². The quantitative estimate of drug-likeness (QED) is 0.222. The van der Waals surface area contributed by atoms with Gasteiger partial charge in [-0.15, -0.1) is 37.1 Å². The van der Waals surface area contributed by atoms with Gasteiger partial charge in [0.15, 0.2) is 5.96 Å². The number of alkyl halides is 3. The molecule has 0 saturated heterocycles. The number of hydrogen-bond donors (Lipinski definition) is 3. The number of benzene rings is 1. The van der Waals surface area contributed by atoms with Crippen LogP contribution in [0.4, 0.5) is 18.9 Å². The van der Waals surface area contributed by atoms with E-state index >= 15 is 0 Å². The first kappa shape index (κ1) is 23.7. The van der Waals surface area contributed by atoms with Crippen molar-refractivity contribution in [2.45, 2.75) is 19.7 Å². The smallest absolute Gasteiger partial charge is 0.406 e. The van der Waals surface area contributed by atoms with E-state index in [9.17, 15) is 21.6 Å². The second-order valence-corrected chi connectivity index (χ2v) is 6.71. The van der Waals surface area contributed by atoms with Gasteiger partial charge in [0.25, 0.3) is 0 Å². The van der Waals surface area contributed by atoms with E-state index < -0.39 is 16.4 Å². The van der Waals surface area contributed by atoms with Crippen LogP contribution >= 0.6 is 24.0 Å². The Kier molecular flexibility index (Phi) is 10.1. The van der Waals surface area contributed by atoms with E-state index in [0.717, 1.165) is 12.1 Å². The summed E-state index contributed by atoms with van der Waals surface area (Å²) in [4.78, 5) is 3.98. The average molecular weight is 496 g/mol. The molecule has 1 aromatic rings. The number of aliphatic imine (C=N–C) groups is 1. The van der Waals surface area contributed by atoms with Gasteiger partial charge >= 0.3 is 6.36 Å². The molecule has 0 aliphatic heterocycles. The molecular weight excluding hydrogens is 476 g/mol. The molecule has 0 amide bonds. The van der Waals surface area contributed by atoms with E-state index in [1.165, 1.54) is 19.1 Å². The van der Waals surface area contributed by atoms with Crippen LogP contribution in [0.25, 0.3) is 0 Å². The number of rotatable bonds is 8. The van der Waals surface area contributed by atoms with Gasteiger partial charge in [0.05, 0.1) is 5.75 Å².